The molecule has 0 aliphatic heterocycles. The lowest BCUT2D eigenvalue weighted by Gasteiger charge is -2.02. The van der Waals surface area contributed by atoms with Crippen LogP contribution in [-0.4, -0.2) is 22.2 Å². The number of fused-ring (bicyclic) bond motifs is 1. The van der Waals surface area contributed by atoms with Crippen LogP contribution in [-0.2, 0) is 11.3 Å². The van der Waals surface area contributed by atoms with Crippen LogP contribution in [0.4, 0.5) is 0 Å². The highest BCUT2D eigenvalue weighted by Gasteiger charge is 2.12. The van der Waals surface area contributed by atoms with Crippen molar-refractivity contribution in [3.8, 4) is 11.5 Å². The van der Waals surface area contributed by atoms with E-state index in [4.69, 9.17) is 9.26 Å². The van der Waals surface area contributed by atoms with Crippen molar-refractivity contribution < 1.29 is 9.26 Å². The first-order valence-electron chi connectivity index (χ1n) is 5.96. The molecule has 0 atom stereocenters. The molecule has 0 N–H and O–H groups in total. The van der Waals surface area contributed by atoms with E-state index in [-0.39, 0.29) is 0 Å². The molecule has 3 rings (SSSR count). The first kappa shape index (κ1) is 11.8. The third kappa shape index (κ3) is 2.20. The summed E-state index contributed by atoms with van der Waals surface area (Å²) in [6.07, 6.45) is 0. The van der Waals surface area contributed by atoms with Crippen LogP contribution in [0.5, 0.6) is 0 Å². The van der Waals surface area contributed by atoms with Gasteiger partial charge in [-0.15, -0.1) is 0 Å². The average Bonchev–Trinajstić information content (AvgIpc) is 2.87. The number of ether oxygens (including phenoxy) is 1. The summed E-state index contributed by atoms with van der Waals surface area (Å²) in [5.41, 5.74) is 2.67. The summed E-state index contributed by atoms with van der Waals surface area (Å²) in [7, 11) is 1.60. The topological polar surface area (TPSA) is 61.0 Å². The van der Waals surface area contributed by atoms with Gasteiger partial charge in [0.15, 0.2) is 5.82 Å². The summed E-state index contributed by atoms with van der Waals surface area (Å²) in [6.45, 7) is 2.29. The molecule has 0 saturated heterocycles. The van der Waals surface area contributed by atoms with Gasteiger partial charge in [0.1, 0.15) is 6.61 Å². The standard InChI is InChI=1S/C14H13N3O2/c1-9-6-7-10-4-3-5-11(13(10)15-9)14-16-12(8-18-2)17-19-14/h3-7H,8H2,1-2H3. The maximum absolute atomic E-state index is 5.27. The smallest absolute Gasteiger partial charge is 0.260 e. The van der Waals surface area contributed by atoms with Crippen molar-refractivity contribution in [1.82, 2.24) is 15.1 Å². The molecule has 19 heavy (non-hydrogen) atoms. The molecule has 0 bridgehead atoms. The van der Waals surface area contributed by atoms with Gasteiger partial charge >= 0.3 is 0 Å². The van der Waals surface area contributed by atoms with Crippen molar-refractivity contribution in [2.24, 2.45) is 0 Å². The van der Waals surface area contributed by atoms with E-state index >= 15 is 0 Å². The Balaban J connectivity index is 2.15. The lowest BCUT2D eigenvalue weighted by atomic mass is 10.1. The van der Waals surface area contributed by atoms with Crippen LogP contribution in [0.1, 0.15) is 11.5 Å². The fraction of sp³-hybridized carbons (Fsp3) is 0.214. The van der Waals surface area contributed by atoms with Gasteiger partial charge < -0.3 is 9.26 Å². The Morgan fingerprint density at radius 3 is 2.89 bits per heavy atom. The summed E-state index contributed by atoms with van der Waals surface area (Å²) in [5.74, 6) is 0.998. The van der Waals surface area contributed by atoms with Gasteiger partial charge in [-0.3, -0.25) is 4.98 Å². The van der Waals surface area contributed by atoms with E-state index in [1.165, 1.54) is 0 Å². The molecule has 5 nitrogen and oxygen atoms in total. The minimum absolute atomic E-state index is 0.334. The number of rotatable bonds is 3. The summed E-state index contributed by atoms with van der Waals surface area (Å²) >= 11 is 0. The Morgan fingerprint density at radius 2 is 2.05 bits per heavy atom. The van der Waals surface area contributed by atoms with Crippen LogP contribution < -0.4 is 0 Å². The Morgan fingerprint density at radius 1 is 1.16 bits per heavy atom. The van der Waals surface area contributed by atoms with Crippen LogP contribution in [0.3, 0.4) is 0 Å². The van der Waals surface area contributed by atoms with Crippen molar-refractivity contribution in [2.45, 2.75) is 13.5 Å². The quantitative estimate of drug-likeness (QED) is 0.720. The van der Waals surface area contributed by atoms with Crippen molar-refractivity contribution in [2.75, 3.05) is 7.11 Å². The molecule has 0 unspecified atom stereocenters. The van der Waals surface area contributed by atoms with E-state index < -0.39 is 0 Å². The van der Waals surface area contributed by atoms with E-state index in [0.29, 0.717) is 18.3 Å². The fourth-order valence-electron chi connectivity index (χ4n) is 1.97. The Hall–Kier alpha value is -2.27. The SMILES string of the molecule is COCc1noc(-c2cccc3ccc(C)nc23)n1. The Labute approximate surface area is 110 Å². The highest BCUT2D eigenvalue weighted by Crippen LogP contribution is 2.26. The molecule has 3 aromatic rings. The molecule has 0 fully saturated rings. The maximum Gasteiger partial charge on any atom is 0.260 e. The molecule has 0 aliphatic rings. The van der Waals surface area contributed by atoms with E-state index in [0.717, 1.165) is 22.2 Å². The van der Waals surface area contributed by atoms with E-state index in [2.05, 4.69) is 15.1 Å². The van der Waals surface area contributed by atoms with Crippen LogP contribution in [0.15, 0.2) is 34.9 Å². The summed E-state index contributed by atoms with van der Waals surface area (Å²) < 4.78 is 10.3. The number of benzene rings is 1. The molecule has 2 aromatic heterocycles. The van der Waals surface area contributed by atoms with Crippen molar-refractivity contribution in [1.29, 1.82) is 0 Å². The molecule has 0 radical (unpaired) electrons. The van der Waals surface area contributed by atoms with Gasteiger partial charge in [0, 0.05) is 18.2 Å². The number of hydrogen-bond acceptors (Lipinski definition) is 5. The van der Waals surface area contributed by atoms with Gasteiger partial charge in [-0.2, -0.15) is 4.98 Å². The second-order valence-corrected chi connectivity index (χ2v) is 4.28. The van der Waals surface area contributed by atoms with Crippen LogP contribution in [0.25, 0.3) is 22.4 Å². The molecule has 0 saturated carbocycles. The molecule has 96 valence electrons. The van der Waals surface area contributed by atoms with E-state index in [1.54, 1.807) is 7.11 Å². The Kier molecular flexibility index (Phi) is 2.97. The predicted octanol–water partition coefficient (Wildman–Crippen LogP) is 2.74. The monoisotopic (exact) mass is 255 g/mol. The van der Waals surface area contributed by atoms with E-state index in [1.807, 2.05) is 37.3 Å². The third-order valence-electron chi connectivity index (χ3n) is 2.83. The molecule has 2 heterocycles. The molecule has 0 amide bonds. The zero-order valence-electron chi connectivity index (χ0n) is 10.8. The number of methoxy groups -OCH3 is 1. The van der Waals surface area contributed by atoms with Gasteiger partial charge in [-0.25, -0.2) is 0 Å². The van der Waals surface area contributed by atoms with Crippen LogP contribution in [0.2, 0.25) is 0 Å². The number of pyridine rings is 1. The Bertz CT molecular complexity index is 722. The largest absolute Gasteiger partial charge is 0.377 e. The minimum atomic E-state index is 0.334. The molecular weight excluding hydrogens is 242 g/mol. The molecule has 0 aliphatic carbocycles. The summed E-state index contributed by atoms with van der Waals surface area (Å²) in [6, 6.07) is 9.91. The normalized spacial score (nSPS) is 11.1. The number of hydrogen-bond donors (Lipinski definition) is 0. The number of para-hydroxylation sites is 1. The zero-order valence-corrected chi connectivity index (χ0v) is 10.8. The van der Waals surface area contributed by atoms with Crippen LogP contribution >= 0.6 is 0 Å². The lowest BCUT2D eigenvalue weighted by molar-refractivity contribution is 0.174. The molecular formula is C14H13N3O2. The number of nitrogens with zero attached hydrogens (tertiary/aromatic N) is 3. The third-order valence-corrected chi connectivity index (χ3v) is 2.83. The second kappa shape index (κ2) is 4.78. The van der Waals surface area contributed by atoms with Gasteiger partial charge in [-0.1, -0.05) is 23.4 Å². The highest BCUT2D eigenvalue weighted by atomic mass is 16.5. The predicted molar refractivity (Wildman–Crippen MR) is 70.5 cm³/mol. The molecule has 1 aromatic carbocycles. The molecule has 5 heteroatoms. The first-order valence-corrected chi connectivity index (χ1v) is 5.96. The average molecular weight is 255 g/mol. The lowest BCUT2D eigenvalue weighted by Crippen LogP contribution is -1.90. The van der Waals surface area contributed by atoms with Gasteiger partial charge in [0.2, 0.25) is 0 Å². The highest BCUT2D eigenvalue weighted by molar-refractivity contribution is 5.91. The number of aromatic nitrogens is 3. The van der Waals surface area contributed by atoms with Gasteiger partial charge in [-0.05, 0) is 19.1 Å². The van der Waals surface area contributed by atoms with Gasteiger partial charge in [0.05, 0.1) is 11.1 Å². The second-order valence-electron chi connectivity index (χ2n) is 4.28. The number of aryl methyl sites for hydroxylation is 1. The summed E-state index contributed by atoms with van der Waals surface area (Å²) in [5, 5.41) is 4.92. The fourth-order valence-corrected chi connectivity index (χ4v) is 1.97. The maximum atomic E-state index is 5.27. The van der Waals surface area contributed by atoms with Crippen LogP contribution in [0, 0.1) is 6.92 Å². The van der Waals surface area contributed by atoms with E-state index in [9.17, 15) is 0 Å². The molecule has 0 spiro atoms. The van der Waals surface area contributed by atoms with Crippen molar-refractivity contribution in [3.05, 3.63) is 41.9 Å². The van der Waals surface area contributed by atoms with Crippen molar-refractivity contribution >= 4 is 10.9 Å². The van der Waals surface area contributed by atoms with Gasteiger partial charge in [0.25, 0.3) is 5.89 Å². The first-order chi connectivity index (χ1) is 9.28. The zero-order chi connectivity index (χ0) is 13.2. The summed E-state index contributed by atoms with van der Waals surface area (Å²) in [4.78, 5) is 8.86. The minimum Gasteiger partial charge on any atom is -0.377 e. The van der Waals surface area contributed by atoms with Crippen molar-refractivity contribution in [3.63, 3.8) is 0 Å².